The van der Waals surface area contributed by atoms with Crippen LogP contribution in [0.25, 0.3) is 10.9 Å². The lowest BCUT2D eigenvalue weighted by atomic mass is 10.1. The number of hydrogen-bond acceptors (Lipinski definition) is 3. The van der Waals surface area contributed by atoms with Crippen molar-refractivity contribution in [2.24, 2.45) is 0 Å². The van der Waals surface area contributed by atoms with Crippen LogP contribution in [-0.2, 0) is 0 Å². The van der Waals surface area contributed by atoms with Crippen molar-refractivity contribution < 1.29 is 14.3 Å². The highest BCUT2D eigenvalue weighted by atomic mass is 16.5. The Morgan fingerprint density at radius 2 is 1.83 bits per heavy atom. The average Bonchev–Trinajstić information content (AvgIpc) is 2.96. The number of anilines is 1. The second-order valence-corrected chi connectivity index (χ2v) is 5.28. The Hall–Kier alpha value is -2.95. The van der Waals surface area contributed by atoms with Gasteiger partial charge in [0, 0.05) is 23.3 Å². The number of aromatic amines is 1. The van der Waals surface area contributed by atoms with Gasteiger partial charge in [-0.05, 0) is 30.7 Å². The molecule has 0 radical (unpaired) electrons. The first-order chi connectivity index (χ1) is 11.1. The van der Waals surface area contributed by atoms with Gasteiger partial charge < -0.3 is 19.8 Å². The van der Waals surface area contributed by atoms with E-state index in [1.165, 1.54) is 0 Å². The molecule has 2 aromatic carbocycles. The van der Waals surface area contributed by atoms with Gasteiger partial charge in [0.1, 0.15) is 0 Å². The highest BCUT2D eigenvalue weighted by Gasteiger charge is 2.15. The van der Waals surface area contributed by atoms with Crippen LogP contribution in [0.3, 0.4) is 0 Å². The van der Waals surface area contributed by atoms with Crippen LogP contribution >= 0.6 is 0 Å². The van der Waals surface area contributed by atoms with Gasteiger partial charge in [-0.25, -0.2) is 0 Å². The molecule has 3 rings (SSSR count). The summed E-state index contributed by atoms with van der Waals surface area (Å²) >= 11 is 0. The van der Waals surface area contributed by atoms with Gasteiger partial charge in [0.25, 0.3) is 5.91 Å². The number of methoxy groups -OCH3 is 2. The van der Waals surface area contributed by atoms with Crippen LogP contribution < -0.4 is 14.8 Å². The number of ether oxygens (including phenoxy) is 2. The molecule has 0 aliphatic rings. The van der Waals surface area contributed by atoms with E-state index in [0.29, 0.717) is 17.1 Å². The summed E-state index contributed by atoms with van der Waals surface area (Å²) in [6, 6.07) is 11.3. The molecule has 1 amide bonds. The van der Waals surface area contributed by atoms with E-state index in [1.54, 1.807) is 26.5 Å². The summed E-state index contributed by atoms with van der Waals surface area (Å²) in [5.41, 5.74) is 3.23. The van der Waals surface area contributed by atoms with Gasteiger partial charge >= 0.3 is 0 Å². The van der Waals surface area contributed by atoms with E-state index >= 15 is 0 Å². The van der Waals surface area contributed by atoms with Gasteiger partial charge in [0.05, 0.1) is 25.3 Å². The summed E-state index contributed by atoms with van der Waals surface area (Å²) in [5, 5.41) is 3.70. The van der Waals surface area contributed by atoms with Crippen molar-refractivity contribution in [1.29, 1.82) is 0 Å². The lowest BCUT2D eigenvalue weighted by molar-refractivity contribution is 0.102. The molecular weight excluding hydrogens is 292 g/mol. The molecule has 0 saturated carbocycles. The number of aryl methyl sites for hydroxylation is 1. The van der Waals surface area contributed by atoms with Crippen LogP contribution in [0.5, 0.6) is 11.5 Å². The van der Waals surface area contributed by atoms with Crippen molar-refractivity contribution in [2.45, 2.75) is 6.92 Å². The molecule has 0 unspecified atom stereocenters. The van der Waals surface area contributed by atoms with Crippen LogP contribution in [0.1, 0.15) is 15.9 Å². The van der Waals surface area contributed by atoms with Gasteiger partial charge in [-0.2, -0.15) is 0 Å². The molecule has 1 aromatic heterocycles. The number of carbonyl (C=O) groups excluding carboxylic acids is 1. The highest BCUT2D eigenvalue weighted by Crippen LogP contribution is 2.33. The minimum atomic E-state index is -0.172. The van der Waals surface area contributed by atoms with Crippen LogP contribution in [-0.4, -0.2) is 25.1 Å². The molecule has 0 spiro atoms. The standard InChI is InChI=1S/C18H18N2O3/c1-11-5-4-6-12(7-11)20-18(21)14-10-19-15-9-17(23-3)16(22-2)8-13(14)15/h4-10,19H,1-3H3,(H,20,21). The number of rotatable bonds is 4. The summed E-state index contributed by atoms with van der Waals surface area (Å²) in [5.74, 6) is 1.03. The molecule has 0 atom stereocenters. The first-order valence-electron chi connectivity index (χ1n) is 7.23. The maximum atomic E-state index is 12.6. The van der Waals surface area contributed by atoms with E-state index in [0.717, 1.165) is 22.2 Å². The lowest BCUT2D eigenvalue weighted by Gasteiger charge is -2.08. The average molecular weight is 310 g/mol. The number of amides is 1. The SMILES string of the molecule is COc1cc2[nH]cc(C(=O)Nc3cccc(C)c3)c2cc1OC. The summed E-state index contributed by atoms with van der Waals surface area (Å²) in [4.78, 5) is 15.6. The van der Waals surface area contributed by atoms with Crippen LogP contribution in [0.4, 0.5) is 5.69 Å². The van der Waals surface area contributed by atoms with E-state index in [-0.39, 0.29) is 5.91 Å². The van der Waals surface area contributed by atoms with E-state index in [1.807, 2.05) is 37.3 Å². The van der Waals surface area contributed by atoms with Crippen LogP contribution in [0.2, 0.25) is 0 Å². The summed E-state index contributed by atoms with van der Waals surface area (Å²) in [6.07, 6.45) is 1.69. The fraction of sp³-hybridized carbons (Fsp3) is 0.167. The maximum Gasteiger partial charge on any atom is 0.257 e. The molecule has 23 heavy (non-hydrogen) atoms. The topological polar surface area (TPSA) is 63.4 Å². The zero-order valence-corrected chi connectivity index (χ0v) is 13.3. The first-order valence-corrected chi connectivity index (χ1v) is 7.23. The third kappa shape index (κ3) is 2.85. The molecule has 0 fully saturated rings. The predicted octanol–water partition coefficient (Wildman–Crippen LogP) is 3.75. The molecule has 118 valence electrons. The monoisotopic (exact) mass is 310 g/mol. The van der Waals surface area contributed by atoms with Gasteiger partial charge in [-0.15, -0.1) is 0 Å². The molecule has 0 aliphatic heterocycles. The summed E-state index contributed by atoms with van der Waals surface area (Å²) in [6.45, 7) is 1.98. The molecule has 0 aliphatic carbocycles. The zero-order chi connectivity index (χ0) is 16.4. The minimum Gasteiger partial charge on any atom is -0.493 e. The van der Waals surface area contributed by atoms with E-state index in [9.17, 15) is 4.79 Å². The molecule has 5 nitrogen and oxygen atoms in total. The second kappa shape index (κ2) is 6.04. The summed E-state index contributed by atoms with van der Waals surface area (Å²) in [7, 11) is 3.15. The Bertz CT molecular complexity index is 868. The highest BCUT2D eigenvalue weighted by molar-refractivity contribution is 6.13. The van der Waals surface area contributed by atoms with Crippen molar-refractivity contribution in [3.63, 3.8) is 0 Å². The van der Waals surface area contributed by atoms with Crippen molar-refractivity contribution in [3.8, 4) is 11.5 Å². The number of nitrogens with one attached hydrogen (secondary N) is 2. The molecule has 0 bridgehead atoms. The van der Waals surface area contributed by atoms with Gasteiger partial charge in [-0.3, -0.25) is 4.79 Å². The smallest absolute Gasteiger partial charge is 0.257 e. The van der Waals surface area contributed by atoms with Crippen molar-refractivity contribution in [2.75, 3.05) is 19.5 Å². The number of aromatic nitrogens is 1. The zero-order valence-electron chi connectivity index (χ0n) is 13.3. The molecule has 5 heteroatoms. The quantitative estimate of drug-likeness (QED) is 0.771. The number of benzene rings is 2. The third-order valence-electron chi connectivity index (χ3n) is 3.71. The van der Waals surface area contributed by atoms with Gasteiger partial charge in [0.15, 0.2) is 11.5 Å². The molecular formula is C18H18N2O3. The van der Waals surface area contributed by atoms with Gasteiger partial charge in [0.2, 0.25) is 0 Å². The summed E-state index contributed by atoms with van der Waals surface area (Å²) < 4.78 is 10.6. The Morgan fingerprint density at radius 1 is 1.09 bits per heavy atom. The Balaban J connectivity index is 1.97. The third-order valence-corrected chi connectivity index (χ3v) is 3.71. The number of fused-ring (bicyclic) bond motifs is 1. The van der Waals surface area contributed by atoms with Crippen molar-refractivity contribution >= 4 is 22.5 Å². The normalized spacial score (nSPS) is 10.6. The van der Waals surface area contributed by atoms with E-state index in [4.69, 9.17) is 9.47 Å². The number of hydrogen-bond donors (Lipinski definition) is 2. The molecule has 3 aromatic rings. The van der Waals surface area contributed by atoms with Crippen LogP contribution in [0, 0.1) is 6.92 Å². The number of H-pyrrole nitrogens is 1. The Labute approximate surface area is 134 Å². The second-order valence-electron chi connectivity index (χ2n) is 5.28. The Morgan fingerprint density at radius 3 is 2.52 bits per heavy atom. The fourth-order valence-corrected chi connectivity index (χ4v) is 2.56. The van der Waals surface area contributed by atoms with E-state index in [2.05, 4.69) is 10.3 Å². The van der Waals surface area contributed by atoms with Crippen molar-refractivity contribution in [1.82, 2.24) is 4.98 Å². The van der Waals surface area contributed by atoms with Gasteiger partial charge in [-0.1, -0.05) is 12.1 Å². The first kappa shape index (κ1) is 15.0. The molecule has 1 heterocycles. The van der Waals surface area contributed by atoms with Crippen LogP contribution in [0.15, 0.2) is 42.6 Å². The lowest BCUT2D eigenvalue weighted by Crippen LogP contribution is -2.11. The Kier molecular flexibility index (Phi) is 3.93. The fourth-order valence-electron chi connectivity index (χ4n) is 2.56. The largest absolute Gasteiger partial charge is 0.493 e. The minimum absolute atomic E-state index is 0.172. The molecule has 2 N–H and O–H groups in total. The number of carbonyl (C=O) groups is 1. The molecule has 0 saturated heterocycles. The van der Waals surface area contributed by atoms with Crippen molar-refractivity contribution in [3.05, 3.63) is 53.7 Å². The maximum absolute atomic E-state index is 12.6. The predicted molar refractivity (Wildman–Crippen MR) is 90.5 cm³/mol. The van der Waals surface area contributed by atoms with E-state index < -0.39 is 0 Å².